The van der Waals surface area contributed by atoms with Crippen LogP contribution < -0.4 is 15.8 Å². The van der Waals surface area contributed by atoms with Crippen LogP contribution in [0.1, 0.15) is 31.2 Å². The summed E-state index contributed by atoms with van der Waals surface area (Å²) in [5, 5.41) is 3.26. The first-order chi connectivity index (χ1) is 9.58. The number of aromatic nitrogens is 2. The molecular formula is C15H20N4O. The lowest BCUT2D eigenvalue weighted by atomic mass is 10.2. The van der Waals surface area contributed by atoms with Gasteiger partial charge in [-0.15, -0.1) is 0 Å². The van der Waals surface area contributed by atoms with Gasteiger partial charge in [0.2, 0.25) is 0 Å². The quantitative estimate of drug-likeness (QED) is 0.875. The van der Waals surface area contributed by atoms with E-state index in [4.69, 9.17) is 10.5 Å². The Hall–Kier alpha value is -2.30. The predicted octanol–water partition coefficient (Wildman–Crippen LogP) is 2.80. The van der Waals surface area contributed by atoms with Crippen LogP contribution in [-0.4, -0.2) is 17.1 Å². The van der Waals surface area contributed by atoms with Crippen molar-refractivity contribution in [2.45, 2.75) is 26.3 Å². The third-order valence-corrected chi connectivity index (χ3v) is 2.89. The number of hydrogen-bond acceptors (Lipinski definition) is 5. The van der Waals surface area contributed by atoms with E-state index in [1.807, 2.05) is 38.1 Å². The molecule has 0 spiro atoms. The van der Waals surface area contributed by atoms with Crippen LogP contribution >= 0.6 is 0 Å². The van der Waals surface area contributed by atoms with E-state index in [1.54, 1.807) is 13.2 Å². The maximum atomic E-state index is 5.80. The molecular weight excluding hydrogens is 252 g/mol. The summed E-state index contributed by atoms with van der Waals surface area (Å²) in [5.74, 6) is 3.06. The average Bonchev–Trinajstić information content (AvgIpc) is 2.44. The van der Waals surface area contributed by atoms with E-state index < -0.39 is 0 Å². The van der Waals surface area contributed by atoms with Crippen LogP contribution in [-0.2, 0) is 6.54 Å². The van der Waals surface area contributed by atoms with Gasteiger partial charge in [0, 0.05) is 18.5 Å². The number of rotatable bonds is 5. The smallest absolute Gasteiger partial charge is 0.135 e. The van der Waals surface area contributed by atoms with Crippen molar-refractivity contribution in [2.24, 2.45) is 0 Å². The number of nitrogen functional groups attached to an aromatic ring is 1. The van der Waals surface area contributed by atoms with Crippen LogP contribution in [0.5, 0.6) is 5.75 Å². The molecule has 1 heterocycles. The van der Waals surface area contributed by atoms with E-state index in [9.17, 15) is 0 Å². The molecule has 0 saturated heterocycles. The van der Waals surface area contributed by atoms with Gasteiger partial charge < -0.3 is 15.8 Å². The highest BCUT2D eigenvalue weighted by Gasteiger charge is 2.06. The van der Waals surface area contributed by atoms with Crippen LogP contribution in [0.3, 0.4) is 0 Å². The third-order valence-electron chi connectivity index (χ3n) is 2.89. The second kappa shape index (κ2) is 6.23. The minimum Gasteiger partial charge on any atom is -0.497 e. The summed E-state index contributed by atoms with van der Waals surface area (Å²) in [4.78, 5) is 8.68. The first kappa shape index (κ1) is 14.1. The lowest BCUT2D eigenvalue weighted by Gasteiger charge is -2.10. The molecule has 2 aromatic rings. The highest BCUT2D eigenvalue weighted by atomic mass is 16.5. The topological polar surface area (TPSA) is 73.1 Å². The summed E-state index contributed by atoms with van der Waals surface area (Å²) in [6.45, 7) is 4.74. The Morgan fingerprint density at radius 2 is 2.05 bits per heavy atom. The molecule has 0 aliphatic rings. The van der Waals surface area contributed by atoms with E-state index in [0.717, 1.165) is 23.0 Å². The second-order valence-corrected chi connectivity index (χ2v) is 4.90. The van der Waals surface area contributed by atoms with Gasteiger partial charge >= 0.3 is 0 Å². The lowest BCUT2D eigenvalue weighted by Crippen LogP contribution is -2.07. The van der Waals surface area contributed by atoms with Crippen molar-refractivity contribution in [3.8, 4) is 5.75 Å². The molecule has 0 bridgehead atoms. The standard InChI is InChI=1S/C15H20N4O/c1-10(2)15-18-13(16)8-14(19-15)17-9-11-5-4-6-12(7-11)20-3/h4-8,10H,9H2,1-3H3,(H3,16,17,18,19). The van der Waals surface area contributed by atoms with Gasteiger partial charge in [0.1, 0.15) is 23.2 Å². The van der Waals surface area contributed by atoms with Crippen molar-refractivity contribution in [1.29, 1.82) is 0 Å². The molecule has 1 aromatic heterocycles. The van der Waals surface area contributed by atoms with Gasteiger partial charge in [-0.25, -0.2) is 9.97 Å². The molecule has 5 nitrogen and oxygen atoms in total. The summed E-state index contributed by atoms with van der Waals surface area (Å²) in [7, 11) is 1.66. The zero-order valence-corrected chi connectivity index (χ0v) is 12.1. The SMILES string of the molecule is COc1cccc(CNc2cc(N)nc(C(C)C)n2)c1. The van der Waals surface area contributed by atoms with E-state index in [0.29, 0.717) is 12.4 Å². The Kier molecular flexibility index (Phi) is 4.40. The van der Waals surface area contributed by atoms with Crippen molar-refractivity contribution in [3.05, 3.63) is 41.7 Å². The maximum Gasteiger partial charge on any atom is 0.135 e. The van der Waals surface area contributed by atoms with Gasteiger partial charge in [-0.1, -0.05) is 26.0 Å². The summed E-state index contributed by atoms with van der Waals surface area (Å²) >= 11 is 0. The summed E-state index contributed by atoms with van der Waals surface area (Å²) in [6.07, 6.45) is 0. The third kappa shape index (κ3) is 3.60. The maximum absolute atomic E-state index is 5.80. The molecule has 0 atom stereocenters. The van der Waals surface area contributed by atoms with Gasteiger partial charge in [0.05, 0.1) is 7.11 Å². The number of benzene rings is 1. The molecule has 20 heavy (non-hydrogen) atoms. The Labute approximate surface area is 119 Å². The first-order valence-electron chi connectivity index (χ1n) is 6.59. The van der Waals surface area contributed by atoms with Gasteiger partial charge in [0.15, 0.2) is 0 Å². The number of methoxy groups -OCH3 is 1. The fourth-order valence-electron chi connectivity index (χ4n) is 1.81. The molecule has 0 saturated carbocycles. The fraction of sp³-hybridized carbons (Fsp3) is 0.333. The molecule has 0 amide bonds. The van der Waals surface area contributed by atoms with Crippen LogP contribution in [0, 0.1) is 0 Å². The van der Waals surface area contributed by atoms with Crippen LogP contribution in [0.15, 0.2) is 30.3 Å². The highest BCUT2D eigenvalue weighted by Crippen LogP contribution is 2.17. The minimum absolute atomic E-state index is 0.246. The monoisotopic (exact) mass is 272 g/mol. The predicted molar refractivity (Wildman–Crippen MR) is 80.9 cm³/mol. The summed E-state index contributed by atoms with van der Waals surface area (Å²) in [5.41, 5.74) is 6.92. The molecule has 5 heteroatoms. The lowest BCUT2D eigenvalue weighted by molar-refractivity contribution is 0.414. The first-order valence-corrected chi connectivity index (χ1v) is 6.59. The van der Waals surface area contributed by atoms with Crippen molar-refractivity contribution in [1.82, 2.24) is 9.97 Å². The van der Waals surface area contributed by atoms with E-state index in [1.165, 1.54) is 0 Å². The summed E-state index contributed by atoms with van der Waals surface area (Å²) in [6, 6.07) is 9.64. The molecule has 106 valence electrons. The van der Waals surface area contributed by atoms with Gasteiger partial charge in [-0.3, -0.25) is 0 Å². The second-order valence-electron chi connectivity index (χ2n) is 4.90. The molecule has 2 rings (SSSR count). The molecule has 3 N–H and O–H groups in total. The zero-order valence-electron chi connectivity index (χ0n) is 12.1. The average molecular weight is 272 g/mol. The van der Waals surface area contributed by atoms with Crippen LogP contribution in [0.4, 0.5) is 11.6 Å². The van der Waals surface area contributed by atoms with Crippen LogP contribution in [0.2, 0.25) is 0 Å². The molecule has 0 unspecified atom stereocenters. The normalized spacial score (nSPS) is 10.6. The Balaban J connectivity index is 2.10. The highest BCUT2D eigenvalue weighted by molar-refractivity contribution is 5.45. The van der Waals surface area contributed by atoms with Crippen molar-refractivity contribution in [2.75, 3.05) is 18.2 Å². The van der Waals surface area contributed by atoms with E-state index >= 15 is 0 Å². The number of nitrogens with zero attached hydrogens (tertiary/aromatic N) is 2. The van der Waals surface area contributed by atoms with Crippen molar-refractivity contribution >= 4 is 11.6 Å². The number of nitrogens with two attached hydrogens (primary N) is 1. The van der Waals surface area contributed by atoms with Gasteiger partial charge in [0.25, 0.3) is 0 Å². The Morgan fingerprint density at radius 1 is 1.25 bits per heavy atom. The minimum atomic E-state index is 0.246. The largest absolute Gasteiger partial charge is 0.497 e. The number of ether oxygens (including phenoxy) is 1. The molecule has 0 radical (unpaired) electrons. The molecule has 0 fully saturated rings. The summed E-state index contributed by atoms with van der Waals surface area (Å²) < 4.78 is 5.20. The fourth-order valence-corrected chi connectivity index (χ4v) is 1.81. The Morgan fingerprint density at radius 3 is 2.75 bits per heavy atom. The van der Waals surface area contributed by atoms with Crippen molar-refractivity contribution in [3.63, 3.8) is 0 Å². The van der Waals surface area contributed by atoms with E-state index in [-0.39, 0.29) is 5.92 Å². The van der Waals surface area contributed by atoms with Gasteiger partial charge in [-0.05, 0) is 17.7 Å². The van der Waals surface area contributed by atoms with Crippen LogP contribution in [0.25, 0.3) is 0 Å². The van der Waals surface area contributed by atoms with E-state index in [2.05, 4.69) is 15.3 Å². The van der Waals surface area contributed by atoms with Crippen molar-refractivity contribution < 1.29 is 4.74 Å². The number of anilines is 2. The molecule has 0 aliphatic carbocycles. The zero-order chi connectivity index (χ0) is 14.5. The number of hydrogen-bond donors (Lipinski definition) is 2. The number of nitrogens with one attached hydrogen (secondary N) is 1. The van der Waals surface area contributed by atoms with Gasteiger partial charge in [-0.2, -0.15) is 0 Å². The molecule has 0 aliphatic heterocycles. The molecule has 1 aromatic carbocycles. The Bertz CT molecular complexity index is 584.